The van der Waals surface area contributed by atoms with Crippen LogP contribution >= 0.6 is 0 Å². The fourth-order valence-electron chi connectivity index (χ4n) is 2.99. The molecule has 2 aliphatic rings. The molecule has 1 aliphatic carbocycles. The average molecular weight is 245 g/mol. The van der Waals surface area contributed by atoms with Gasteiger partial charge in [-0.3, -0.25) is 4.21 Å². The summed E-state index contributed by atoms with van der Waals surface area (Å²) < 4.78 is 18.1. The van der Waals surface area contributed by atoms with E-state index in [1.807, 2.05) is 0 Å². The minimum Gasteiger partial charge on any atom is -0.377 e. The molecule has 0 radical (unpaired) electrons. The molecule has 94 valence electrons. The van der Waals surface area contributed by atoms with Crippen molar-refractivity contribution in [3.05, 3.63) is 0 Å². The molecular formula is C12H23NO2S. The fourth-order valence-corrected chi connectivity index (χ4v) is 5.25. The first kappa shape index (κ1) is 12.5. The largest absolute Gasteiger partial charge is 0.377 e. The Morgan fingerprint density at radius 1 is 1.25 bits per heavy atom. The SMILES string of the molecule is CC1OCCC1S(=O)C1CCCCC1CN. The molecule has 0 aromatic heterocycles. The molecule has 5 unspecified atom stereocenters. The molecule has 1 saturated heterocycles. The summed E-state index contributed by atoms with van der Waals surface area (Å²) in [4.78, 5) is 0. The third kappa shape index (κ3) is 2.49. The second-order valence-electron chi connectivity index (χ2n) is 5.05. The van der Waals surface area contributed by atoms with Crippen LogP contribution in [0.25, 0.3) is 0 Å². The molecule has 5 atom stereocenters. The maximum atomic E-state index is 12.6. The summed E-state index contributed by atoms with van der Waals surface area (Å²) in [7, 11) is -0.747. The molecule has 16 heavy (non-hydrogen) atoms. The number of rotatable bonds is 3. The number of nitrogens with two attached hydrogens (primary N) is 1. The van der Waals surface area contributed by atoms with Gasteiger partial charge in [-0.1, -0.05) is 12.8 Å². The van der Waals surface area contributed by atoms with Crippen molar-refractivity contribution in [2.75, 3.05) is 13.2 Å². The van der Waals surface area contributed by atoms with Crippen LogP contribution < -0.4 is 5.73 Å². The molecule has 0 bridgehead atoms. The van der Waals surface area contributed by atoms with Crippen LogP contribution in [-0.4, -0.2) is 34.0 Å². The molecule has 0 spiro atoms. The molecule has 2 N–H and O–H groups in total. The standard InChI is InChI=1S/C12H23NO2S/c1-9-11(6-7-15-9)16(14)12-5-3-2-4-10(12)8-13/h9-12H,2-8,13H2,1H3. The smallest absolute Gasteiger partial charge is 0.0691 e. The average Bonchev–Trinajstić information content (AvgIpc) is 2.74. The van der Waals surface area contributed by atoms with E-state index in [1.54, 1.807) is 0 Å². The topological polar surface area (TPSA) is 52.3 Å². The van der Waals surface area contributed by atoms with Crippen molar-refractivity contribution in [2.45, 2.75) is 55.6 Å². The number of hydrogen-bond donors (Lipinski definition) is 1. The Hall–Kier alpha value is 0.0700. The lowest BCUT2D eigenvalue weighted by Crippen LogP contribution is -2.40. The van der Waals surface area contributed by atoms with Gasteiger partial charge in [0, 0.05) is 22.7 Å². The van der Waals surface area contributed by atoms with E-state index in [1.165, 1.54) is 12.8 Å². The summed E-state index contributed by atoms with van der Waals surface area (Å²) in [6, 6.07) is 0. The number of hydrogen-bond acceptors (Lipinski definition) is 3. The zero-order chi connectivity index (χ0) is 11.5. The molecule has 0 amide bonds. The molecule has 1 heterocycles. The normalized spacial score (nSPS) is 42.1. The van der Waals surface area contributed by atoms with Gasteiger partial charge in [-0.2, -0.15) is 0 Å². The van der Waals surface area contributed by atoms with Crippen LogP contribution in [-0.2, 0) is 15.5 Å². The minimum atomic E-state index is -0.747. The van der Waals surface area contributed by atoms with E-state index in [9.17, 15) is 4.21 Å². The quantitative estimate of drug-likeness (QED) is 0.818. The maximum Gasteiger partial charge on any atom is 0.0691 e. The summed E-state index contributed by atoms with van der Waals surface area (Å²) in [5.74, 6) is 0.474. The lowest BCUT2D eigenvalue weighted by molar-refractivity contribution is 0.126. The molecule has 0 aromatic carbocycles. The third-order valence-electron chi connectivity index (χ3n) is 4.05. The monoisotopic (exact) mass is 245 g/mol. The van der Waals surface area contributed by atoms with E-state index in [0.717, 1.165) is 25.9 Å². The second kappa shape index (κ2) is 5.61. The Bertz CT molecular complexity index is 259. The first-order valence-electron chi connectivity index (χ1n) is 6.45. The minimum absolute atomic E-state index is 0.168. The molecule has 0 aromatic rings. The first-order valence-corrected chi connectivity index (χ1v) is 7.72. The molecule has 1 aliphatic heterocycles. The zero-order valence-corrected chi connectivity index (χ0v) is 10.9. The lowest BCUT2D eigenvalue weighted by atomic mass is 9.89. The predicted octanol–water partition coefficient (Wildman–Crippen LogP) is 1.43. The van der Waals surface area contributed by atoms with Crippen LogP contribution in [0.15, 0.2) is 0 Å². The van der Waals surface area contributed by atoms with E-state index in [-0.39, 0.29) is 11.4 Å². The predicted molar refractivity (Wildman–Crippen MR) is 66.8 cm³/mol. The fraction of sp³-hybridized carbons (Fsp3) is 1.00. The Morgan fingerprint density at radius 2 is 2.00 bits per heavy atom. The van der Waals surface area contributed by atoms with Gasteiger partial charge in [-0.05, 0) is 38.6 Å². The molecule has 1 saturated carbocycles. The summed E-state index contributed by atoms with van der Waals surface area (Å²) in [5, 5.41) is 0.574. The van der Waals surface area contributed by atoms with Gasteiger partial charge in [0.05, 0.1) is 11.4 Å². The van der Waals surface area contributed by atoms with Crippen LogP contribution in [0.2, 0.25) is 0 Å². The van der Waals surface area contributed by atoms with Crippen molar-refractivity contribution in [1.82, 2.24) is 0 Å². The van der Waals surface area contributed by atoms with Crippen molar-refractivity contribution in [2.24, 2.45) is 11.7 Å². The van der Waals surface area contributed by atoms with Crippen molar-refractivity contribution in [3.63, 3.8) is 0 Å². The summed E-state index contributed by atoms with van der Waals surface area (Å²) in [6.45, 7) is 3.52. The van der Waals surface area contributed by atoms with Crippen LogP contribution in [0, 0.1) is 5.92 Å². The van der Waals surface area contributed by atoms with E-state index in [4.69, 9.17) is 10.5 Å². The van der Waals surface area contributed by atoms with Crippen molar-refractivity contribution < 1.29 is 8.95 Å². The van der Waals surface area contributed by atoms with Crippen molar-refractivity contribution in [1.29, 1.82) is 0 Å². The van der Waals surface area contributed by atoms with Crippen molar-refractivity contribution in [3.8, 4) is 0 Å². The molecule has 4 heteroatoms. The maximum absolute atomic E-state index is 12.6. The van der Waals surface area contributed by atoms with Crippen LogP contribution in [0.4, 0.5) is 0 Å². The van der Waals surface area contributed by atoms with Gasteiger partial charge in [0.2, 0.25) is 0 Å². The second-order valence-corrected chi connectivity index (χ2v) is 6.92. The Kier molecular flexibility index (Phi) is 4.39. The van der Waals surface area contributed by atoms with Gasteiger partial charge in [0.15, 0.2) is 0 Å². The molecule has 2 fully saturated rings. The van der Waals surface area contributed by atoms with Crippen LogP contribution in [0.3, 0.4) is 0 Å². The summed E-state index contributed by atoms with van der Waals surface area (Å²) in [5.41, 5.74) is 5.80. The Labute approximate surface area is 101 Å². The van der Waals surface area contributed by atoms with Crippen molar-refractivity contribution >= 4 is 10.8 Å². The van der Waals surface area contributed by atoms with E-state index in [0.29, 0.717) is 17.7 Å². The van der Waals surface area contributed by atoms with Gasteiger partial charge in [0.25, 0.3) is 0 Å². The lowest BCUT2D eigenvalue weighted by Gasteiger charge is -2.32. The zero-order valence-electron chi connectivity index (χ0n) is 10.1. The van der Waals surface area contributed by atoms with Gasteiger partial charge in [-0.25, -0.2) is 0 Å². The Morgan fingerprint density at radius 3 is 2.62 bits per heavy atom. The highest BCUT2D eigenvalue weighted by molar-refractivity contribution is 7.86. The van der Waals surface area contributed by atoms with Gasteiger partial charge < -0.3 is 10.5 Å². The van der Waals surface area contributed by atoms with E-state index in [2.05, 4.69) is 6.92 Å². The first-order chi connectivity index (χ1) is 7.74. The van der Waals surface area contributed by atoms with Crippen LogP contribution in [0.5, 0.6) is 0 Å². The molecule has 2 rings (SSSR count). The Balaban J connectivity index is 2.01. The summed E-state index contributed by atoms with van der Waals surface area (Å²) >= 11 is 0. The van der Waals surface area contributed by atoms with Gasteiger partial charge >= 0.3 is 0 Å². The van der Waals surface area contributed by atoms with Crippen LogP contribution in [0.1, 0.15) is 39.0 Å². The number of ether oxygens (including phenoxy) is 1. The third-order valence-corrected chi connectivity index (χ3v) is 6.48. The molecule has 3 nitrogen and oxygen atoms in total. The highest BCUT2D eigenvalue weighted by Gasteiger charge is 2.37. The van der Waals surface area contributed by atoms with E-state index >= 15 is 0 Å². The highest BCUT2D eigenvalue weighted by Crippen LogP contribution is 2.32. The molecular weight excluding hydrogens is 222 g/mol. The van der Waals surface area contributed by atoms with E-state index < -0.39 is 10.8 Å². The summed E-state index contributed by atoms with van der Waals surface area (Å²) in [6.07, 6.45) is 5.86. The highest BCUT2D eigenvalue weighted by atomic mass is 32.2. The van der Waals surface area contributed by atoms with Gasteiger partial charge in [-0.15, -0.1) is 0 Å². The van der Waals surface area contributed by atoms with Gasteiger partial charge in [0.1, 0.15) is 0 Å².